The van der Waals surface area contributed by atoms with Crippen molar-refractivity contribution in [2.24, 2.45) is 0 Å². The number of nitrogens with zero attached hydrogens (tertiary/aromatic N) is 2. The van der Waals surface area contributed by atoms with E-state index in [2.05, 4.69) is 21.0 Å². The van der Waals surface area contributed by atoms with Crippen molar-refractivity contribution in [1.82, 2.24) is 9.78 Å². The zero-order chi connectivity index (χ0) is 18.3. The van der Waals surface area contributed by atoms with Gasteiger partial charge in [-0.05, 0) is 36.7 Å². The SMILES string of the molecule is Cc1nn(C(C)C(=O)Nc2c(F)c(F)c(F)c(F)c2F)c(C)c1Br. The third-order valence-electron chi connectivity index (χ3n) is 3.44. The monoisotopic (exact) mass is 411 g/mol. The van der Waals surface area contributed by atoms with Gasteiger partial charge in [-0.2, -0.15) is 5.10 Å². The van der Waals surface area contributed by atoms with Gasteiger partial charge in [-0.3, -0.25) is 9.48 Å². The van der Waals surface area contributed by atoms with Gasteiger partial charge in [-0.25, -0.2) is 22.0 Å². The van der Waals surface area contributed by atoms with Crippen molar-refractivity contribution < 1.29 is 26.7 Å². The minimum absolute atomic E-state index is 0.563. The van der Waals surface area contributed by atoms with Crippen LogP contribution in [0.2, 0.25) is 0 Å². The van der Waals surface area contributed by atoms with Crippen LogP contribution in [0.15, 0.2) is 4.47 Å². The maximum absolute atomic E-state index is 13.6. The molecule has 1 aromatic heterocycles. The van der Waals surface area contributed by atoms with E-state index in [9.17, 15) is 26.7 Å². The van der Waals surface area contributed by atoms with Crippen molar-refractivity contribution in [1.29, 1.82) is 0 Å². The van der Waals surface area contributed by atoms with Gasteiger partial charge in [0.1, 0.15) is 11.7 Å². The van der Waals surface area contributed by atoms with E-state index in [-0.39, 0.29) is 0 Å². The van der Waals surface area contributed by atoms with Crippen molar-refractivity contribution in [2.45, 2.75) is 26.8 Å². The van der Waals surface area contributed by atoms with Crippen molar-refractivity contribution >= 4 is 27.5 Å². The Morgan fingerprint density at radius 2 is 1.50 bits per heavy atom. The molecule has 24 heavy (non-hydrogen) atoms. The molecule has 4 nitrogen and oxygen atoms in total. The summed E-state index contributed by atoms with van der Waals surface area (Å²) in [6.07, 6.45) is 0. The Hall–Kier alpha value is -1.97. The van der Waals surface area contributed by atoms with E-state index in [0.29, 0.717) is 15.9 Å². The second-order valence-electron chi connectivity index (χ2n) is 5.04. The fraction of sp³-hybridized carbons (Fsp3) is 0.286. The van der Waals surface area contributed by atoms with Crippen LogP contribution in [0.3, 0.4) is 0 Å². The highest BCUT2D eigenvalue weighted by atomic mass is 79.9. The largest absolute Gasteiger partial charge is 0.319 e. The lowest BCUT2D eigenvalue weighted by atomic mass is 10.2. The first kappa shape index (κ1) is 18.4. The Kier molecular flexibility index (Phi) is 4.97. The van der Waals surface area contributed by atoms with E-state index in [4.69, 9.17) is 0 Å². The van der Waals surface area contributed by atoms with E-state index < -0.39 is 46.7 Å². The number of anilines is 1. The number of aryl methyl sites for hydroxylation is 1. The van der Waals surface area contributed by atoms with E-state index in [1.165, 1.54) is 11.6 Å². The smallest absolute Gasteiger partial charge is 0.249 e. The van der Waals surface area contributed by atoms with Crippen molar-refractivity contribution in [3.8, 4) is 0 Å². The standard InChI is InChI=1S/C14H11BrF5N3O/c1-4-7(15)5(2)23(22-4)6(3)14(24)21-13-11(19)9(17)8(16)10(18)12(13)20/h6H,1-3H3,(H,21,24). The summed E-state index contributed by atoms with van der Waals surface area (Å²) in [5, 5.41) is 5.81. The Morgan fingerprint density at radius 3 is 1.92 bits per heavy atom. The Labute approximate surface area is 141 Å². The third kappa shape index (κ3) is 2.90. The molecule has 1 amide bonds. The second-order valence-corrected chi connectivity index (χ2v) is 5.83. The number of aromatic nitrogens is 2. The number of nitrogens with one attached hydrogen (secondary N) is 1. The van der Waals surface area contributed by atoms with Gasteiger partial charge in [0.15, 0.2) is 23.3 Å². The normalized spacial score (nSPS) is 12.4. The molecule has 0 aliphatic carbocycles. The van der Waals surface area contributed by atoms with Gasteiger partial charge in [-0.1, -0.05) is 0 Å². The van der Waals surface area contributed by atoms with Gasteiger partial charge in [0.25, 0.3) is 0 Å². The molecule has 0 saturated carbocycles. The van der Waals surface area contributed by atoms with E-state index in [0.717, 1.165) is 0 Å². The summed E-state index contributed by atoms with van der Waals surface area (Å²) in [6.45, 7) is 4.68. The van der Waals surface area contributed by atoms with Crippen LogP contribution < -0.4 is 5.32 Å². The average molecular weight is 412 g/mol. The first-order chi connectivity index (χ1) is 11.1. The highest BCUT2D eigenvalue weighted by molar-refractivity contribution is 9.10. The number of carbonyl (C=O) groups is 1. The minimum Gasteiger partial charge on any atom is -0.319 e. The maximum atomic E-state index is 13.6. The molecule has 130 valence electrons. The van der Waals surface area contributed by atoms with Crippen LogP contribution in [0.1, 0.15) is 24.4 Å². The van der Waals surface area contributed by atoms with E-state index in [1.807, 2.05) is 0 Å². The topological polar surface area (TPSA) is 46.9 Å². The third-order valence-corrected chi connectivity index (χ3v) is 4.59. The van der Waals surface area contributed by atoms with Gasteiger partial charge in [-0.15, -0.1) is 0 Å². The number of hydrogen-bond acceptors (Lipinski definition) is 2. The molecule has 1 unspecified atom stereocenters. The molecule has 0 spiro atoms. The fourth-order valence-electron chi connectivity index (χ4n) is 2.07. The van der Waals surface area contributed by atoms with Crippen LogP contribution in [-0.2, 0) is 4.79 Å². The maximum Gasteiger partial charge on any atom is 0.249 e. The fourth-order valence-corrected chi connectivity index (χ4v) is 2.33. The van der Waals surface area contributed by atoms with Gasteiger partial charge < -0.3 is 5.32 Å². The molecular weight excluding hydrogens is 401 g/mol. The molecule has 2 rings (SSSR count). The Morgan fingerprint density at radius 1 is 1.04 bits per heavy atom. The summed E-state index contributed by atoms with van der Waals surface area (Å²) in [5.41, 5.74) is -0.264. The van der Waals surface area contributed by atoms with Crippen molar-refractivity contribution in [3.05, 3.63) is 44.9 Å². The molecule has 0 fully saturated rings. The Balaban J connectivity index is 2.38. The molecule has 0 bridgehead atoms. The van der Waals surface area contributed by atoms with E-state index >= 15 is 0 Å². The minimum atomic E-state index is -2.29. The molecule has 0 aliphatic rings. The predicted molar refractivity (Wildman–Crippen MR) is 79.0 cm³/mol. The molecule has 10 heteroatoms. The van der Waals surface area contributed by atoms with Crippen LogP contribution in [0.4, 0.5) is 27.6 Å². The molecule has 1 heterocycles. The van der Waals surface area contributed by atoms with Crippen LogP contribution in [0.25, 0.3) is 0 Å². The summed E-state index contributed by atoms with van der Waals surface area (Å²) in [6, 6.07) is -1.05. The highest BCUT2D eigenvalue weighted by Gasteiger charge is 2.29. The zero-order valence-electron chi connectivity index (χ0n) is 12.6. The lowest BCUT2D eigenvalue weighted by molar-refractivity contribution is -0.119. The lowest BCUT2D eigenvalue weighted by Crippen LogP contribution is -2.27. The van der Waals surface area contributed by atoms with Gasteiger partial charge in [0, 0.05) is 0 Å². The number of carbonyl (C=O) groups excluding carboxylic acids is 1. The van der Waals surface area contributed by atoms with Crippen molar-refractivity contribution in [2.75, 3.05) is 5.32 Å². The molecule has 1 aromatic carbocycles. The molecule has 1 N–H and O–H groups in total. The zero-order valence-corrected chi connectivity index (χ0v) is 14.2. The number of hydrogen-bond donors (Lipinski definition) is 1. The van der Waals surface area contributed by atoms with Gasteiger partial charge >= 0.3 is 0 Å². The van der Waals surface area contributed by atoms with Crippen LogP contribution >= 0.6 is 15.9 Å². The van der Waals surface area contributed by atoms with Crippen molar-refractivity contribution in [3.63, 3.8) is 0 Å². The van der Waals surface area contributed by atoms with Gasteiger partial charge in [0.2, 0.25) is 11.7 Å². The van der Waals surface area contributed by atoms with Crippen LogP contribution in [0.5, 0.6) is 0 Å². The molecule has 0 saturated heterocycles. The molecular formula is C14H11BrF5N3O. The molecule has 0 radical (unpaired) electrons. The second kappa shape index (κ2) is 6.50. The number of rotatable bonds is 3. The summed E-state index contributed by atoms with van der Waals surface area (Å²) in [7, 11) is 0. The van der Waals surface area contributed by atoms with Gasteiger partial charge in [0.05, 0.1) is 15.9 Å². The average Bonchev–Trinajstić information content (AvgIpc) is 2.81. The number of amides is 1. The lowest BCUT2D eigenvalue weighted by Gasteiger charge is -2.16. The quantitative estimate of drug-likeness (QED) is 0.468. The predicted octanol–water partition coefficient (Wildman–Crippen LogP) is 4.16. The molecule has 1 atom stereocenters. The van der Waals surface area contributed by atoms with Crippen LogP contribution in [-0.4, -0.2) is 15.7 Å². The first-order valence-corrected chi connectivity index (χ1v) is 7.40. The molecule has 2 aromatic rings. The van der Waals surface area contributed by atoms with E-state index in [1.54, 1.807) is 19.2 Å². The Bertz CT molecular complexity index is 808. The summed E-state index contributed by atoms with van der Waals surface area (Å²) in [4.78, 5) is 12.1. The summed E-state index contributed by atoms with van der Waals surface area (Å²) < 4.78 is 68.4. The summed E-state index contributed by atoms with van der Waals surface area (Å²) >= 11 is 3.26. The number of halogens is 6. The highest BCUT2D eigenvalue weighted by Crippen LogP contribution is 2.28. The number of benzene rings is 1. The van der Waals surface area contributed by atoms with Crippen LogP contribution in [0, 0.1) is 42.9 Å². The molecule has 0 aliphatic heterocycles. The summed E-state index contributed by atoms with van der Waals surface area (Å²) in [5.74, 6) is -11.8. The first-order valence-electron chi connectivity index (χ1n) is 6.61.